The molecule has 2 heterocycles. The third-order valence-corrected chi connectivity index (χ3v) is 3.46. The fraction of sp³-hybridized carbons (Fsp3) is 0.278. The second-order valence-electron chi connectivity index (χ2n) is 5.89. The quantitative estimate of drug-likeness (QED) is 0.845. The monoisotopic (exact) mass is 327 g/mol. The van der Waals surface area contributed by atoms with Gasteiger partial charge in [-0.1, -0.05) is 5.92 Å². The number of nitrogens with zero attached hydrogens (tertiary/aromatic N) is 2. The van der Waals surface area contributed by atoms with E-state index in [-0.39, 0.29) is 11.6 Å². The predicted molar refractivity (Wildman–Crippen MR) is 87.6 cm³/mol. The Hall–Kier alpha value is -2.78. The Labute approximate surface area is 140 Å². The summed E-state index contributed by atoms with van der Waals surface area (Å²) < 4.78 is 13.0. The summed E-state index contributed by atoms with van der Waals surface area (Å²) in [5, 5.41) is 12.5. The van der Waals surface area contributed by atoms with Gasteiger partial charge in [-0.25, -0.2) is 14.4 Å². The molecule has 0 fully saturated rings. The second kappa shape index (κ2) is 7.20. The van der Waals surface area contributed by atoms with Crippen LogP contribution in [0.2, 0.25) is 0 Å². The summed E-state index contributed by atoms with van der Waals surface area (Å²) in [7, 11) is 0. The molecule has 24 heavy (non-hydrogen) atoms. The molecular formula is C18H18FN3O2. The lowest BCUT2D eigenvalue weighted by molar-refractivity contribution is 0.0407. The molecule has 2 N–H and O–H groups in total. The second-order valence-corrected chi connectivity index (χ2v) is 5.89. The third-order valence-electron chi connectivity index (χ3n) is 3.46. The summed E-state index contributed by atoms with van der Waals surface area (Å²) in [4.78, 5) is 20.0. The van der Waals surface area contributed by atoms with Crippen LogP contribution in [0.25, 0.3) is 0 Å². The van der Waals surface area contributed by atoms with Crippen molar-refractivity contribution in [2.75, 3.05) is 0 Å². The van der Waals surface area contributed by atoms with Crippen LogP contribution in [0.4, 0.5) is 4.39 Å². The van der Waals surface area contributed by atoms with Crippen molar-refractivity contribution in [3.05, 3.63) is 59.4 Å². The first-order valence-corrected chi connectivity index (χ1v) is 7.38. The van der Waals surface area contributed by atoms with E-state index in [1.807, 2.05) is 0 Å². The third kappa shape index (κ3) is 4.86. The first kappa shape index (κ1) is 17.6. The Kier molecular flexibility index (Phi) is 5.27. The Morgan fingerprint density at radius 3 is 2.62 bits per heavy atom. The van der Waals surface area contributed by atoms with E-state index >= 15 is 0 Å². The summed E-state index contributed by atoms with van der Waals surface area (Å²) in [5.74, 6) is 4.75. The van der Waals surface area contributed by atoms with Crippen molar-refractivity contribution in [3.8, 4) is 11.8 Å². The van der Waals surface area contributed by atoms with E-state index in [2.05, 4.69) is 27.1 Å². The molecule has 0 saturated carbocycles. The minimum absolute atomic E-state index is 0.223. The van der Waals surface area contributed by atoms with Gasteiger partial charge in [-0.2, -0.15) is 0 Å². The SMILES string of the molecule is C[C@@H](NC(=O)c1ccc(C#Cc2cc(F)ccn2)cn1)C(C)(C)O. The molecule has 1 amide bonds. The van der Waals surface area contributed by atoms with Crippen molar-refractivity contribution in [2.24, 2.45) is 0 Å². The molecule has 1 atom stereocenters. The molecule has 2 aromatic heterocycles. The topological polar surface area (TPSA) is 75.1 Å². The Morgan fingerprint density at radius 2 is 2.04 bits per heavy atom. The highest BCUT2D eigenvalue weighted by molar-refractivity contribution is 5.92. The predicted octanol–water partition coefficient (Wildman–Crippen LogP) is 1.90. The van der Waals surface area contributed by atoms with Gasteiger partial charge in [-0.3, -0.25) is 4.79 Å². The largest absolute Gasteiger partial charge is 0.388 e. The lowest BCUT2D eigenvalue weighted by atomic mass is 10.0. The maximum absolute atomic E-state index is 13.0. The number of amides is 1. The van der Waals surface area contributed by atoms with Crippen molar-refractivity contribution in [3.63, 3.8) is 0 Å². The van der Waals surface area contributed by atoms with Gasteiger partial charge in [0.05, 0.1) is 11.6 Å². The molecule has 0 radical (unpaired) electrons. The van der Waals surface area contributed by atoms with E-state index in [0.29, 0.717) is 11.3 Å². The van der Waals surface area contributed by atoms with E-state index in [4.69, 9.17) is 0 Å². The van der Waals surface area contributed by atoms with E-state index in [0.717, 1.165) is 0 Å². The molecule has 0 aliphatic rings. The summed E-state index contributed by atoms with van der Waals surface area (Å²) in [5.41, 5.74) is 0.0865. The number of aliphatic hydroxyl groups is 1. The molecule has 6 heteroatoms. The molecule has 2 aromatic rings. The van der Waals surface area contributed by atoms with Gasteiger partial charge in [0.15, 0.2) is 0 Å². The molecule has 0 unspecified atom stereocenters. The van der Waals surface area contributed by atoms with Gasteiger partial charge in [-0.15, -0.1) is 0 Å². The maximum Gasteiger partial charge on any atom is 0.270 e. The van der Waals surface area contributed by atoms with Crippen LogP contribution >= 0.6 is 0 Å². The van der Waals surface area contributed by atoms with Crippen molar-refractivity contribution in [2.45, 2.75) is 32.4 Å². The minimum Gasteiger partial charge on any atom is -0.388 e. The van der Waals surface area contributed by atoms with Gasteiger partial charge in [0.25, 0.3) is 5.91 Å². The fourth-order valence-electron chi connectivity index (χ4n) is 1.66. The highest BCUT2D eigenvalue weighted by Gasteiger charge is 2.24. The lowest BCUT2D eigenvalue weighted by Gasteiger charge is -2.26. The number of carbonyl (C=O) groups excluding carboxylic acids is 1. The van der Waals surface area contributed by atoms with Gasteiger partial charge < -0.3 is 10.4 Å². The average molecular weight is 327 g/mol. The van der Waals surface area contributed by atoms with Crippen LogP contribution in [0.15, 0.2) is 36.7 Å². The van der Waals surface area contributed by atoms with Crippen LogP contribution < -0.4 is 5.32 Å². The van der Waals surface area contributed by atoms with E-state index in [1.165, 1.54) is 30.6 Å². The molecule has 124 valence electrons. The number of pyridine rings is 2. The van der Waals surface area contributed by atoms with Crippen LogP contribution in [-0.2, 0) is 0 Å². The van der Waals surface area contributed by atoms with E-state index in [9.17, 15) is 14.3 Å². The zero-order chi connectivity index (χ0) is 17.7. The van der Waals surface area contributed by atoms with Crippen molar-refractivity contribution >= 4 is 5.91 Å². The maximum atomic E-state index is 13.0. The molecule has 0 spiro atoms. The number of aromatic nitrogens is 2. The fourth-order valence-corrected chi connectivity index (χ4v) is 1.66. The van der Waals surface area contributed by atoms with Crippen LogP contribution in [-0.4, -0.2) is 32.6 Å². The first-order chi connectivity index (χ1) is 11.3. The molecular weight excluding hydrogens is 309 g/mol. The molecule has 0 bridgehead atoms. The molecule has 0 aliphatic carbocycles. The normalized spacial score (nSPS) is 12.0. The van der Waals surface area contributed by atoms with E-state index in [1.54, 1.807) is 26.8 Å². The van der Waals surface area contributed by atoms with Crippen LogP contribution in [0.3, 0.4) is 0 Å². The van der Waals surface area contributed by atoms with Gasteiger partial charge >= 0.3 is 0 Å². The standard InChI is InChI=1S/C18H18FN3O2/c1-12(18(2,3)24)22-17(23)16-7-5-13(11-21-16)4-6-15-10-14(19)8-9-20-15/h5,7-12,24H,1-3H3,(H,22,23)/t12-/m1/s1. The van der Waals surface area contributed by atoms with Crippen LogP contribution in [0, 0.1) is 17.7 Å². The first-order valence-electron chi connectivity index (χ1n) is 7.38. The van der Waals surface area contributed by atoms with Crippen molar-refractivity contribution in [1.29, 1.82) is 0 Å². The van der Waals surface area contributed by atoms with Gasteiger partial charge in [0.2, 0.25) is 0 Å². The lowest BCUT2D eigenvalue weighted by Crippen LogP contribution is -2.47. The van der Waals surface area contributed by atoms with Crippen molar-refractivity contribution < 1.29 is 14.3 Å². The highest BCUT2D eigenvalue weighted by Crippen LogP contribution is 2.08. The molecule has 2 rings (SSSR count). The number of carbonyl (C=O) groups is 1. The average Bonchev–Trinajstić information content (AvgIpc) is 2.52. The molecule has 5 nitrogen and oxygen atoms in total. The number of nitrogens with one attached hydrogen (secondary N) is 1. The Morgan fingerprint density at radius 1 is 1.29 bits per heavy atom. The molecule has 0 aliphatic heterocycles. The smallest absolute Gasteiger partial charge is 0.270 e. The van der Waals surface area contributed by atoms with Gasteiger partial charge in [0.1, 0.15) is 17.2 Å². The summed E-state index contributed by atoms with van der Waals surface area (Å²) >= 11 is 0. The van der Waals surface area contributed by atoms with E-state index < -0.39 is 17.5 Å². The number of halogens is 1. The van der Waals surface area contributed by atoms with Crippen molar-refractivity contribution in [1.82, 2.24) is 15.3 Å². The molecule has 0 aromatic carbocycles. The van der Waals surface area contributed by atoms with Crippen LogP contribution in [0.1, 0.15) is 42.5 Å². The summed E-state index contributed by atoms with van der Waals surface area (Å²) in [6.45, 7) is 4.94. The zero-order valence-electron chi connectivity index (χ0n) is 13.7. The highest BCUT2D eigenvalue weighted by atomic mass is 19.1. The zero-order valence-corrected chi connectivity index (χ0v) is 13.7. The number of hydrogen-bond donors (Lipinski definition) is 2. The van der Waals surface area contributed by atoms with Crippen LogP contribution in [0.5, 0.6) is 0 Å². The van der Waals surface area contributed by atoms with Gasteiger partial charge in [0, 0.05) is 24.0 Å². The number of hydrogen-bond acceptors (Lipinski definition) is 4. The Bertz CT molecular complexity index is 786. The summed E-state index contributed by atoms with van der Waals surface area (Å²) in [6, 6.07) is 5.23. The summed E-state index contributed by atoms with van der Waals surface area (Å²) in [6.07, 6.45) is 2.80. The van der Waals surface area contributed by atoms with Gasteiger partial charge in [-0.05, 0) is 44.9 Å². The number of rotatable bonds is 3. The Balaban J connectivity index is 2.07. The minimum atomic E-state index is -1.03. The molecule has 0 saturated heterocycles.